The van der Waals surface area contributed by atoms with E-state index in [0.717, 1.165) is 12.5 Å². The van der Waals surface area contributed by atoms with Gasteiger partial charge in [-0.2, -0.15) is 13.2 Å². The van der Waals surface area contributed by atoms with Gasteiger partial charge in [-0.15, -0.1) is 0 Å². The van der Waals surface area contributed by atoms with E-state index in [1.807, 2.05) is 0 Å². The van der Waals surface area contributed by atoms with Crippen LogP contribution in [0.1, 0.15) is 17.5 Å². The summed E-state index contributed by atoms with van der Waals surface area (Å²) >= 11 is 0. The van der Waals surface area contributed by atoms with Gasteiger partial charge in [-0.05, 0) is 24.5 Å². The molecular formula is C15H17F3N2O2. The van der Waals surface area contributed by atoms with Crippen molar-refractivity contribution in [3.05, 3.63) is 35.4 Å². The van der Waals surface area contributed by atoms with E-state index in [-0.39, 0.29) is 12.1 Å². The second-order valence-electron chi connectivity index (χ2n) is 5.88. The number of benzene rings is 1. The van der Waals surface area contributed by atoms with Gasteiger partial charge in [0.2, 0.25) is 0 Å². The molecule has 0 radical (unpaired) electrons. The van der Waals surface area contributed by atoms with E-state index in [2.05, 4.69) is 4.90 Å². The van der Waals surface area contributed by atoms with Crippen molar-refractivity contribution in [3.63, 3.8) is 0 Å². The molecule has 2 saturated heterocycles. The Hall–Kier alpha value is -1.76. The van der Waals surface area contributed by atoms with Gasteiger partial charge in [-0.25, -0.2) is 4.79 Å². The van der Waals surface area contributed by atoms with Crippen LogP contribution in [-0.4, -0.2) is 52.7 Å². The molecule has 2 aliphatic heterocycles. The lowest BCUT2D eigenvalue weighted by atomic mass is 10.0. The molecular weight excluding hydrogens is 297 g/mol. The third-order valence-corrected chi connectivity index (χ3v) is 4.59. The highest BCUT2D eigenvalue weighted by atomic mass is 19.4. The molecule has 4 nitrogen and oxygen atoms in total. The highest BCUT2D eigenvalue weighted by Gasteiger charge is 2.45. The number of hydrogen-bond donors (Lipinski definition) is 1. The normalized spacial score (nSPS) is 25.0. The molecule has 1 aromatic rings. The maximum absolute atomic E-state index is 13.0. The van der Waals surface area contributed by atoms with Crippen LogP contribution in [0.15, 0.2) is 24.3 Å². The molecule has 3 rings (SSSR count). The molecule has 2 aliphatic rings. The summed E-state index contributed by atoms with van der Waals surface area (Å²) in [5, 5.41) is 9.04. The highest BCUT2D eigenvalue weighted by molar-refractivity contribution is 5.66. The topological polar surface area (TPSA) is 43.8 Å². The number of amides is 1. The number of halogens is 3. The van der Waals surface area contributed by atoms with E-state index in [4.69, 9.17) is 5.11 Å². The summed E-state index contributed by atoms with van der Waals surface area (Å²) in [7, 11) is 0. The minimum atomic E-state index is -4.33. The van der Waals surface area contributed by atoms with Gasteiger partial charge >= 0.3 is 12.3 Å². The Morgan fingerprint density at radius 3 is 2.55 bits per heavy atom. The first kappa shape index (κ1) is 15.1. The molecule has 7 heteroatoms. The fraction of sp³-hybridized carbons (Fsp3) is 0.533. The average molecular weight is 314 g/mol. The number of nitrogens with zero attached hydrogens (tertiary/aromatic N) is 2. The molecule has 2 atom stereocenters. The summed E-state index contributed by atoms with van der Waals surface area (Å²) in [6, 6.07) is 5.76. The van der Waals surface area contributed by atoms with Crippen LogP contribution in [0.2, 0.25) is 0 Å². The van der Waals surface area contributed by atoms with E-state index in [0.29, 0.717) is 31.6 Å². The lowest BCUT2D eigenvalue weighted by Crippen LogP contribution is -2.48. The lowest BCUT2D eigenvalue weighted by molar-refractivity contribution is -0.138. The molecule has 120 valence electrons. The molecule has 0 aliphatic carbocycles. The summed E-state index contributed by atoms with van der Waals surface area (Å²) in [6.07, 6.45) is -4.13. The van der Waals surface area contributed by atoms with Crippen molar-refractivity contribution < 1.29 is 23.1 Å². The predicted molar refractivity (Wildman–Crippen MR) is 73.6 cm³/mol. The number of alkyl halides is 3. The fourth-order valence-corrected chi connectivity index (χ4v) is 3.54. The Kier molecular flexibility index (Phi) is 3.76. The number of carboxylic acid groups (broad SMARTS) is 1. The summed E-state index contributed by atoms with van der Waals surface area (Å²) in [6.45, 7) is 1.60. The van der Waals surface area contributed by atoms with E-state index in [1.165, 1.54) is 17.0 Å². The Labute approximate surface area is 126 Å². The number of rotatable bonds is 3. The monoisotopic (exact) mass is 314 g/mol. The van der Waals surface area contributed by atoms with Crippen LogP contribution in [0, 0.1) is 0 Å². The smallest absolute Gasteiger partial charge is 0.416 e. The Morgan fingerprint density at radius 2 is 1.95 bits per heavy atom. The van der Waals surface area contributed by atoms with E-state index >= 15 is 0 Å². The molecule has 2 bridgehead atoms. The van der Waals surface area contributed by atoms with Crippen LogP contribution in [0.25, 0.3) is 0 Å². The molecule has 1 aromatic carbocycles. The summed E-state index contributed by atoms with van der Waals surface area (Å²) < 4.78 is 38.9. The summed E-state index contributed by atoms with van der Waals surface area (Å²) in [4.78, 5) is 14.6. The van der Waals surface area contributed by atoms with Crippen molar-refractivity contribution in [2.75, 3.05) is 19.6 Å². The van der Waals surface area contributed by atoms with E-state index in [9.17, 15) is 18.0 Å². The van der Waals surface area contributed by atoms with Gasteiger partial charge in [-0.1, -0.05) is 18.2 Å². The zero-order valence-corrected chi connectivity index (χ0v) is 11.9. The van der Waals surface area contributed by atoms with Crippen LogP contribution in [-0.2, 0) is 12.6 Å². The van der Waals surface area contributed by atoms with Crippen molar-refractivity contribution in [3.8, 4) is 0 Å². The van der Waals surface area contributed by atoms with Gasteiger partial charge in [0.25, 0.3) is 0 Å². The number of likely N-dealkylation sites (tertiary alicyclic amines) is 2. The molecule has 2 fully saturated rings. The third-order valence-electron chi connectivity index (χ3n) is 4.59. The summed E-state index contributed by atoms with van der Waals surface area (Å²) in [5.74, 6) is 0. The van der Waals surface area contributed by atoms with Crippen LogP contribution < -0.4 is 0 Å². The molecule has 1 N–H and O–H groups in total. The molecule has 2 unspecified atom stereocenters. The highest BCUT2D eigenvalue weighted by Crippen LogP contribution is 2.34. The van der Waals surface area contributed by atoms with Gasteiger partial charge in [0.1, 0.15) is 0 Å². The molecule has 1 amide bonds. The average Bonchev–Trinajstić information content (AvgIpc) is 3.04. The van der Waals surface area contributed by atoms with E-state index < -0.39 is 17.8 Å². The van der Waals surface area contributed by atoms with Gasteiger partial charge in [0, 0.05) is 31.7 Å². The van der Waals surface area contributed by atoms with E-state index in [1.54, 1.807) is 6.07 Å². The number of hydrogen-bond acceptors (Lipinski definition) is 2. The first-order valence-electron chi connectivity index (χ1n) is 7.25. The first-order valence-corrected chi connectivity index (χ1v) is 7.25. The number of fused-ring (bicyclic) bond motifs is 2. The van der Waals surface area contributed by atoms with Gasteiger partial charge in [0.05, 0.1) is 5.56 Å². The van der Waals surface area contributed by atoms with Crippen molar-refractivity contribution in [2.45, 2.75) is 31.1 Å². The zero-order valence-electron chi connectivity index (χ0n) is 11.9. The number of piperazine rings is 1. The lowest BCUT2D eigenvalue weighted by Gasteiger charge is -2.32. The summed E-state index contributed by atoms with van der Waals surface area (Å²) in [5.41, 5.74) is -0.278. The van der Waals surface area contributed by atoms with Crippen LogP contribution in [0.3, 0.4) is 0 Å². The Morgan fingerprint density at radius 1 is 1.23 bits per heavy atom. The van der Waals surface area contributed by atoms with Crippen LogP contribution >= 0.6 is 0 Å². The van der Waals surface area contributed by atoms with Gasteiger partial charge in [0.15, 0.2) is 0 Å². The van der Waals surface area contributed by atoms with Crippen molar-refractivity contribution in [1.29, 1.82) is 0 Å². The Bertz CT molecular complexity index is 576. The van der Waals surface area contributed by atoms with Crippen LogP contribution in [0.5, 0.6) is 0 Å². The Balaban J connectivity index is 1.63. The molecule has 0 aromatic heterocycles. The second-order valence-corrected chi connectivity index (χ2v) is 5.88. The maximum atomic E-state index is 13.0. The predicted octanol–water partition coefficient (Wildman–Crippen LogP) is 2.68. The van der Waals surface area contributed by atoms with Gasteiger partial charge < -0.3 is 10.0 Å². The fourth-order valence-electron chi connectivity index (χ4n) is 3.54. The molecule has 22 heavy (non-hydrogen) atoms. The molecule has 0 saturated carbocycles. The second kappa shape index (κ2) is 5.46. The molecule has 2 heterocycles. The first-order chi connectivity index (χ1) is 10.4. The number of carbonyl (C=O) groups is 1. The minimum absolute atomic E-state index is 0.0136. The third kappa shape index (κ3) is 2.77. The minimum Gasteiger partial charge on any atom is -0.465 e. The maximum Gasteiger partial charge on any atom is 0.416 e. The van der Waals surface area contributed by atoms with Crippen molar-refractivity contribution in [2.24, 2.45) is 0 Å². The SMILES string of the molecule is O=C(O)N1CC2CC1CN2CCc1ccccc1C(F)(F)F. The van der Waals surface area contributed by atoms with Gasteiger partial charge in [-0.3, -0.25) is 4.90 Å². The van der Waals surface area contributed by atoms with Crippen molar-refractivity contribution in [1.82, 2.24) is 9.80 Å². The zero-order chi connectivity index (χ0) is 15.9. The standard InChI is InChI=1S/C15H17F3N2O2/c16-15(17,18)13-4-2-1-3-10(13)5-6-19-8-12-7-11(19)9-20(12)14(21)22/h1-4,11-12H,5-9H2,(H,21,22). The quantitative estimate of drug-likeness (QED) is 0.933. The largest absolute Gasteiger partial charge is 0.465 e. The molecule has 0 spiro atoms. The van der Waals surface area contributed by atoms with Crippen LogP contribution in [0.4, 0.5) is 18.0 Å². The van der Waals surface area contributed by atoms with Crippen molar-refractivity contribution >= 4 is 6.09 Å².